The van der Waals surface area contributed by atoms with Crippen molar-refractivity contribution in [3.63, 3.8) is 0 Å². The van der Waals surface area contributed by atoms with Gasteiger partial charge in [0.15, 0.2) is 5.82 Å². The van der Waals surface area contributed by atoms with E-state index in [4.69, 9.17) is 13.8 Å². The molecule has 2 aromatic carbocycles. The van der Waals surface area contributed by atoms with Crippen LogP contribution in [0.4, 0.5) is 36.3 Å². The van der Waals surface area contributed by atoms with Crippen molar-refractivity contribution < 1.29 is 36.3 Å². The second kappa shape index (κ2) is 14.9. The molecule has 2 aromatic heterocycles. The minimum Gasteiger partial charge on any atom is -0.495 e. The van der Waals surface area contributed by atoms with Crippen LogP contribution in [0.5, 0.6) is 5.75 Å². The Labute approximate surface area is 292 Å². The van der Waals surface area contributed by atoms with Gasteiger partial charge in [-0.15, -0.1) is 10.2 Å². The molecule has 0 atom stereocenters. The van der Waals surface area contributed by atoms with Gasteiger partial charge < -0.3 is 29.3 Å². The van der Waals surface area contributed by atoms with Crippen LogP contribution in [0.25, 0.3) is 0 Å². The van der Waals surface area contributed by atoms with Gasteiger partial charge in [0.25, 0.3) is 5.91 Å². The number of carbonyl (C=O) groups excluding carboxylic acids is 1. The largest absolute Gasteiger partial charge is 0.495 e. The first-order valence-electron chi connectivity index (χ1n) is 16.6. The maximum absolute atomic E-state index is 14.3. The van der Waals surface area contributed by atoms with Crippen molar-refractivity contribution in [2.45, 2.75) is 70.2 Å². The Kier molecular flexibility index (Phi) is 10.6. The molecule has 1 fully saturated rings. The number of halogens is 3. The molecule has 6 rings (SSSR count). The Hall–Kier alpha value is -4.60. The quantitative estimate of drug-likeness (QED) is 0.118. The lowest BCUT2D eigenvalue weighted by Gasteiger charge is -2.28. The number of nitrogens with zero attached hydrogens (tertiary/aromatic N) is 6. The second-order valence-electron chi connectivity index (χ2n) is 12.4. The average Bonchev–Trinajstić information content (AvgIpc) is 3.74. The molecule has 0 saturated heterocycles. The van der Waals surface area contributed by atoms with Crippen LogP contribution in [0.2, 0.25) is 0 Å². The summed E-state index contributed by atoms with van der Waals surface area (Å²) in [5.74, 6) is 0.384. The summed E-state index contributed by atoms with van der Waals surface area (Å²) in [6.45, 7) is 4.19. The van der Waals surface area contributed by atoms with E-state index in [2.05, 4.69) is 41.2 Å². The number of alkyl halides is 3. The lowest BCUT2D eigenvalue weighted by atomic mass is 9.76. The van der Waals surface area contributed by atoms with Gasteiger partial charge in [-0.05, 0) is 80.3 Å². The van der Waals surface area contributed by atoms with Crippen molar-refractivity contribution in [1.29, 1.82) is 0 Å². The molecule has 0 spiro atoms. The smallest absolute Gasteiger partial charge is 0.421 e. The molecule has 4 aromatic rings. The van der Waals surface area contributed by atoms with E-state index in [9.17, 15) is 22.5 Å². The Bertz CT molecular complexity index is 1910. The van der Waals surface area contributed by atoms with Gasteiger partial charge in [0.2, 0.25) is 5.95 Å². The lowest BCUT2D eigenvalue weighted by Crippen LogP contribution is -2.18. The van der Waals surface area contributed by atoms with Crippen molar-refractivity contribution >= 4 is 36.6 Å². The van der Waals surface area contributed by atoms with E-state index in [-0.39, 0.29) is 48.8 Å². The van der Waals surface area contributed by atoms with Crippen LogP contribution in [-0.2, 0) is 32.5 Å². The zero-order chi connectivity index (χ0) is 36.3. The molecule has 3 heterocycles. The fourth-order valence-electron chi connectivity index (χ4n) is 6.75. The Morgan fingerprint density at radius 3 is 2.37 bits per heavy atom. The Balaban J connectivity index is 1.28. The standard InChI is InChI=1S/C33H39F3N9O5P/c1-5-49-51(47,50-6-2)18-19-7-13-25(27(15-19)48-4)39-32-37-16-24(33(34,35)36)30(40-32)38-26-14-12-22(23-17-45(3)31(46)28(23)26)20-8-10-21(11-9-20)29-41-43-44-42-29/h7,12-16,20-21H,5-6,8-11,17-18H2,1-4H3,(H2,37,38,39,40)(H,41,42,43,44)/t20-,21+. The first-order chi connectivity index (χ1) is 24.4. The molecule has 51 heavy (non-hydrogen) atoms. The summed E-state index contributed by atoms with van der Waals surface area (Å²) < 4.78 is 72.2. The second-order valence-corrected chi connectivity index (χ2v) is 14.4. The summed E-state index contributed by atoms with van der Waals surface area (Å²) in [7, 11) is -0.310. The Morgan fingerprint density at radius 1 is 1.02 bits per heavy atom. The highest BCUT2D eigenvalue weighted by Crippen LogP contribution is 2.52. The number of aromatic nitrogens is 6. The topological polar surface area (TPSA) is 169 Å². The number of anilines is 4. The molecule has 1 amide bonds. The summed E-state index contributed by atoms with van der Waals surface area (Å²) in [4.78, 5) is 23.1. The summed E-state index contributed by atoms with van der Waals surface area (Å²) in [6, 6.07) is 8.45. The van der Waals surface area contributed by atoms with E-state index in [0.717, 1.165) is 36.8 Å². The number of carbonyl (C=O) groups is 1. The average molecular weight is 730 g/mol. The minimum absolute atomic E-state index is 0.00524. The molecule has 0 radical (unpaired) electrons. The van der Waals surface area contributed by atoms with Crippen molar-refractivity contribution in [3.8, 4) is 5.75 Å². The number of aromatic amines is 1. The highest BCUT2D eigenvalue weighted by Gasteiger charge is 2.38. The number of amides is 1. The molecule has 0 unspecified atom stereocenters. The van der Waals surface area contributed by atoms with Gasteiger partial charge in [0, 0.05) is 25.7 Å². The van der Waals surface area contributed by atoms with Crippen LogP contribution < -0.4 is 15.4 Å². The Morgan fingerprint density at radius 2 is 1.73 bits per heavy atom. The van der Waals surface area contributed by atoms with Crippen molar-refractivity contribution in [2.75, 3.05) is 38.0 Å². The zero-order valence-electron chi connectivity index (χ0n) is 28.6. The highest BCUT2D eigenvalue weighted by atomic mass is 31.2. The van der Waals surface area contributed by atoms with Gasteiger partial charge in [-0.1, -0.05) is 17.3 Å². The summed E-state index contributed by atoms with van der Waals surface area (Å²) in [5, 5.41) is 20.2. The van der Waals surface area contributed by atoms with E-state index < -0.39 is 25.2 Å². The molecule has 18 heteroatoms. The van der Waals surface area contributed by atoms with Gasteiger partial charge in [-0.3, -0.25) is 9.36 Å². The summed E-state index contributed by atoms with van der Waals surface area (Å²) >= 11 is 0. The monoisotopic (exact) mass is 729 g/mol. The number of rotatable bonds is 13. The molecule has 3 N–H and O–H groups in total. The molecule has 1 aliphatic heterocycles. The van der Waals surface area contributed by atoms with Crippen LogP contribution in [0.1, 0.15) is 89.8 Å². The molecule has 14 nitrogen and oxygen atoms in total. The number of H-pyrrole nitrogens is 1. The number of ether oxygens (including phenoxy) is 1. The third-order valence-corrected chi connectivity index (χ3v) is 11.1. The van der Waals surface area contributed by atoms with Gasteiger partial charge in [0.05, 0.1) is 43.4 Å². The van der Waals surface area contributed by atoms with E-state index >= 15 is 0 Å². The molecule has 0 bridgehead atoms. The van der Waals surface area contributed by atoms with Crippen LogP contribution in [0.3, 0.4) is 0 Å². The van der Waals surface area contributed by atoms with E-state index in [1.165, 1.54) is 7.11 Å². The van der Waals surface area contributed by atoms with Gasteiger partial charge in [0.1, 0.15) is 17.1 Å². The predicted octanol–water partition coefficient (Wildman–Crippen LogP) is 7.30. The van der Waals surface area contributed by atoms with E-state index in [1.807, 2.05) is 6.07 Å². The molecule has 2 aliphatic rings. The minimum atomic E-state index is -4.80. The SMILES string of the molecule is CCOP(=O)(Cc1ccc(Nc2ncc(C(F)(F)F)c(Nc3ccc([C@H]4CC[C@@H](c5nn[nH]n5)CC4)c4c3C(=O)N(C)C4)n2)c(OC)c1)OCC. The van der Waals surface area contributed by atoms with E-state index in [1.54, 1.807) is 50.1 Å². The maximum atomic E-state index is 14.3. The van der Waals surface area contributed by atoms with E-state index in [0.29, 0.717) is 41.1 Å². The van der Waals surface area contributed by atoms with Crippen LogP contribution in [0.15, 0.2) is 36.5 Å². The normalized spacial score (nSPS) is 17.8. The predicted molar refractivity (Wildman–Crippen MR) is 182 cm³/mol. The highest BCUT2D eigenvalue weighted by molar-refractivity contribution is 7.53. The van der Waals surface area contributed by atoms with Crippen molar-refractivity contribution in [2.24, 2.45) is 0 Å². The van der Waals surface area contributed by atoms with Gasteiger partial charge >= 0.3 is 13.8 Å². The number of fused-ring (bicyclic) bond motifs is 1. The number of methoxy groups -OCH3 is 1. The summed E-state index contributed by atoms with van der Waals surface area (Å²) in [6.07, 6.45) is -0.724. The number of tetrazole rings is 1. The number of nitrogens with one attached hydrogen (secondary N) is 3. The third-order valence-electron chi connectivity index (χ3n) is 9.09. The van der Waals surface area contributed by atoms with Gasteiger partial charge in [-0.25, -0.2) is 4.98 Å². The van der Waals surface area contributed by atoms with Gasteiger partial charge in [-0.2, -0.15) is 23.4 Å². The fourth-order valence-corrected chi connectivity index (χ4v) is 8.43. The number of hydrogen-bond donors (Lipinski definition) is 3. The summed E-state index contributed by atoms with van der Waals surface area (Å²) in [5.41, 5.74) is 2.19. The van der Waals surface area contributed by atoms with Crippen LogP contribution in [0, 0.1) is 0 Å². The number of benzene rings is 2. The molecule has 272 valence electrons. The fraction of sp³-hybridized carbons (Fsp3) is 0.455. The number of hydrogen-bond acceptors (Lipinski definition) is 12. The zero-order valence-corrected chi connectivity index (χ0v) is 29.5. The molecular formula is C33H39F3N9O5P. The van der Waals surface area contributed by atoms with Crippen molar-refractivity contribution in [1.82, 2.24) is 35.5 Å². The molecule has 1 saturated carbocycles. The first-order valence-corrected chi connectivity index (χ1v) is 18.3. The first kappa shape index (κ1) is 36.2. The third kappa shape index (κ3) is 7.85. The molecule has 1 aliphatic carbocycles. The lowest BCUT2D eigenvalue weighted by molar-refractivity contribution is -0.137. The maximum Gasteiger partial charge on any atom is 0.421 e. The van der Waals surface area contributed by atoms with Crippen LogP contribution >= 0.6 is 7.60 Å². The van der Waals surface area contributed by atoms with Crippen LogP contribution in [-0.4, -0.2) is 68.8 Å². The molecular weight excluding hydrogens is 690 g/mol. The van der Waals surface area contributed by atoms with Crippen molar-refractivity contribution in [3.05, 3.63) is 70.2 Å².